The second-order valence-electron chi connectivity index (χ2n) is 5.54. The molecule has 0 fully saturated rings. The predicted octanol–water partition coefficient (Wildman–Crippen LogP) is 4.20. The zero-order chi connectivity index (χ0) is 13.3. The van der Waals surface area contributed by atoms with Crippen LogP contribution in [0.15, 0.2) is 12.1 Å². The Hall–Kier alpha value is -0.540. The minimum absolute atomic E-state index is 0.0385. The lowest BCUT2D eigenvalue weighted by Gasteiger charge is -2.40. The van der Waals surface area contributed by atoms with E-state index in [1.807, 2.05) is 17.8 Å². The molecule has 18 heavy (non-hydrogen) atoms. The predicted molar refractivity (Wildman–Crippen MR) is 77.5 cm³/mol. The Kier molecular flexibility index (Phi) is 4.02. The van der Waals surface area contributed by atoms with Crippen LogP contribution in [0.4, 0.5) is 4.39 Å². The van der Waals surface area contributed by atoms with E-state index in [0.29, 0.717) is 0 Å². The van der Waals surface area contributed by atoms with Crippen LogP contribution in [0.3, 0.4) is 0 Å². The van der Waals surface area contributed by atoms with Gasteiger partial charge in [0.2, 0.25) is 0 Å². The molecule has 1 atom stereocenters. The second-order valence-corrected chi connectivity index (χ2v) is 7.17. The van der Waals surface area contributed by atoms with Crippen LogP contribution >= 0.6 is 11.8 Å². The van der Waals surface area contributed by atoms with Gasteiger partial charge in [0.25, 0.3) is 0 Å². The van der Waals surface area contributed by atoms with Crippen LogP contribution in [0.5, 0.6) is 0 Å². The Balaban J connectivity index is 2.47. The lowest BCUT2D eigenvalue weighted by atomic mass is 9.88. The SMILES string of the molecule is CCCNC1c2c(F)ccc(C)c2CSC1(C)C. The number of thioether (sulfide) groups is 1. The minimum atomic E-state index is -0.0578. The molecule has 0 bridgehead atoms. The molecule has 100 valence electrons. The van der Waals surface area contributed by atoms with Gasteiger partial charge >= 0.3 is 0 Å². The average molecular weight is 267 g/mol. The van der Waals surface area contributed by atoms with Crippen LogP contribution < -0.4 is 5.32 Å². The number of fused-ring (bicyclic) bond motifs is 1. The second kappa shape index (κ2) is 5.22. The number of benzene rings is 1. The highest BCUT2D eigenvalue weighted by Crippen LogP contribution is 2.47. The van der Waals surface area contributed by atoms with E-state index in [-0.39, 0.29) is 16.6 Å². The molecule has 0 saturated carbocycles. The van der Waals surface area contributed by atoms with Crippen molar-refractivity contribution >= 4 is 11.8 Å². The van der Waals surface area contributed by atoms with Gasteiger partial charge in [-0.25, -0.2) is 4.39 Å². The summed E-state index contributed by atoms with van der Waals surface area (Å²) < 4.78 is 14.3. The number of halogens is 1. The highest BCUT2D eigenvalue weighted by atomic mass is 32.2. The van der Waals surface area contributed by atoms with Crippen molar-refractivity contribution in [1.82, 2.24) is 5.32 Å². The summed E-state index contributed by atoms with van der Waals surface area (Å²) in [5, 5.41) is 3.52. The summed E-state index contributed by atoms with van der Waals surface area (Å²) in [6.07, 6.45) is 1.07. The first-order chi connectivity index (χ1) is 8.47. The summed E-state index contributed by atoms with van der Waals surface area (Å²) in [6.45, 7) is 9.56. The molecule has 0 aliphatic carbocycles. The van der Waals surface area contributed by atoms with Gasteiger partial charge in [0.1, 0.15) is 5.82 Å². The monoisotopic (exact) mass is 267 g/mol. The number of aryl methyl sites for hydroxylation is 1. The molecule has 0 aromatic heterocycles. The largest absolute Gasteiger partial charge is 0.309 e. The standard InChI is InChI=1S/C15H22FNS/c1-5-8-17-14-13-11(9-18-15(14,3)4)10(2)6-7-12(13)16/h6-7,14,17H,5,8-9H2,1-4H3. The van der Waals surface area contributed by atoms with Gasteiger partial charge in [0.15, 0.2) is 0 Å². The summed E-state index contributed by atoms with van der Waals surface area (Å²) in [7, 11) is 0. The van der Waals surface area contributed by atoms with Crippen molar-refractivity contribution < 1.29 is 4.39 Å². The van der Waals surface area contributed by atoms with Gasteiger partial charge < -0.3 is 5.32 Å². The number of nitrogens with one attached hydrogen (secondary N) is 1. The third-order valence-corrected chi connectivity index (χ3v) is 5.12. The van der Waals surface area contributed by atoms with E-state index >= 15 is 0 Å². The van der Waals surface area contributed by atoms with Gasteiger partial charge in [0.05, 0.1) is 0 Å². The number of rotatable bonds is 3. The first-order valence-corrected chi connectivity index (χ1v) is 7.61. The molecular weight excluding hydrogens is 245 g/mol. The maximum atomic E-state index is 14.2. The van der Waals surface area contributed by atoms with Gasteiger partial charge in [-0.05, 0) is 50.9 Å². The van der Waals surface area contributed by atoms with Gasteiger partial charge in [-0.1, -0.05) is 13.0 Å². The Morgan fingerprint density at radius 3 is 2.83 bits per heavy atom. The highest BCUT2D eigenvalue weighted by molar-refractivity contribution is 8.00. The Labute approximate surface area is 114 Å². The molecule has 0 spiro atoms. The van der Waals surface area contributed by atoms with Crippen molar-refractivity contribution in [2.45, 2.75) is 50.7 Å². The fourth-order valence-electron chi connectivity index (χ4n) is 2.57. The fraction of sp³-hybridized carbons (Fsp3) is 0.600. The summed E-state index contributed by atoms with van der Waals surface area (Å²) >= 11 is 1.92. The number of hydrogen-bond donors (Lipinski definition) is 1. The lowest BCUT2D eigenvalue weighted by Crippen LogP contribution is -2.41. The van der Waals surface area contributed by atoms with E-state index in [9.17, 15) is 4.39 Å². The van der Waals surface area contributed by atoms with Crippen molar-refractivity contribution in [1.29, 1.82) is 0 Å². The summed E-state index contributed by atoms with van der Waals surface area (Å²) in [5.74, 6) is 0.855. The van der Waals surface area contributed by atoms with Gasteiger partial charge in [-0.3, -0.25) is 0 Å². The normalized spacial score (nSPS) is 21.7. The number of hydrogen-bond acceptors (Lipinski definition) is 2. The quantitative estimate of drug-likeness (QED) is 0.881. The molecule has 1 heterocycles. The Morgan fingerprint density at radius 1 is 1.44 bits per heavy atom. The third kappa shape index (κ3) is 2.43. The third-order valence-electron chi connectivity index (χ3n) is 3.71. The van der Waals surface area contributed by atoms with Crippen LogP contribution in [0.25, 0.3) is 0 Å². The molecule has 1 aromatic carbocycles. The van der Waals surface area contributed by atoms with Crippen LogP contribution in [0, 0.1) is 12.7 Å². The molecule has 3 heteroatoms. The first-order valence-electron chi connectivity index (χ1n) is 6.62. The molecule has 1 nitrogen and oxygen atoms in total. The first kappa shape index (κ1) is 13.9. The van der Waals surface area contributed by atoms with E-state index in [1.54, 1.807) is 6.07 Å². The summed E-state index contributed by atoms with van der Waals surface area (Å²) in [5.41, 5.74) is 3.29. The smallest absolute Gasteiger partial charge is 0.128 e. The van der Waals surface area contributed by atoms with Crippen LogP contribution in [-0.4, -0.2) is 11.3 Å². The van der Waals surface area contributed by atoms with E-state index in [1.165, 1.54) is 11.1 Å². The average Bonchev–Trinajstić information content (AvgIpc) is 2.32. The molecule has 1 aliphatic rings. The molecule has 1 aliphatic heterocycles. The fourth-order valence-corrected chi connectivity index (χ4v) is 3.84. The van der Waals surface area contributed by atoms with Crippen LogP contribution in [0.1, 0.15) is 49.9 Å². The molecule has 1 N–H and O–H groups in total. The van der Waals surface area contributed by atoms with Crippen LogP contribution in [-0.2, 0) is 5.75 Å². The van der Waals surface area contributed by atoms with E-state index < -0.39 is 0 Å². The molecule has 1 aromatic rings. The van der Waals surface area contributed by atoms with E-state index in [0.717, 1.165) is 24.3 Å². The molecule has 1 unspecified atom stereocenters. The molecular formula is C15H22FNS. The van der Waals surface area contributed by atoms with Gasteiger partial charge in [-0.15, -0.1) is 11.8 Å². The van der Waals surface area contributed by atoms with Crippen molar-refractivity contribution in [3.8, 4) is 0 Å². The lowest BCUT2D eigenvalue weighted by molar-refractivity contribution is 0.420. The van der Waals surface area contributed by atoms with Crippen molar-refractivity contribution in [3.05, 3.63) is 34.6 Å². The van der Waals surface area contributed by atoms with E-state index in [2.05, 4.69) is 33.0 Å². The van der Waals surface area contributed by atoms with Crippen molar-refractivity contribution in [2.75, 3.05) is 6.54 Å². The van der Waals surface area contributed by atoms with Crippen LogP contribution in [0.2, 0.25) is 0 Å². The summed E-state index contributed by atoms with van der Waals surface area (Å²) in [6, 6.07) is 3.61. The molecule has 0 saturated heterocycles. The Morgan fingerprint density at radius 2 is 2.17 bits per heavy atom. The maximum absolute atomic E-state index is 14.2. The zero-order valence-electron chi connectivity index (χ0n) is 11.6. The highest BCUT2D eigenvalue weighted by Gasteiger charge is 2.38. The zero-order valence-corrected chi connectivity index (χ0v) is 12.5. The molecule has 0 amide bonds. The van der Waals surface area contributed by atoms with E-state index in [4.69, 9.17) is 0 Å². The minimum Gasteiger partial charge on any atom is -0.309 e. The Bertz CT molecular complexity index is 442. The maximum Gasteiger partial charge on any atom is 0.128 e. The molecule has 2 rings (SSSR count). The topological polar surface area (TPSA) is 12.0 Å². The van der Waals surface area contributed by atoms with Gasteiger partial charge in [0, 0.05) is 22.1 Å². The van der Waals surface area contributed by atoms with Crippen molar-refractivity contribution in [2.24, 2.45) is 0 Å². The van der Waals surface area contributed by atoms with Crippen molar-refractivity contribution in [3.63, 3.8) is 0 Å². The molecule has 0 radical (unpaired) electrons. The van der Waals surface area contributed by atoms with Gasteiger partial charge in [-0.2, -0.15) is 0 Å². The summed E-state index contributed by atoms with van der Waals surface area (Å²) in [4.78, 5) is 0.